The van der Waals surface area contributed by atoms with Crippen molar-refractivity contribution in [1.82, 2.24) is 63.4 Å². The molecule has 24 nitrogen and oxygen atoms in total. The normalized spacial score (nSPS) is 21.4. The molecule has 2 aliphatic rings. The Kier molecular flexibility index (Phi) is 19.9. The number of nitrogens with one attached hydrogen (secondary N) is 11. The lowest BCUT2D eigenvalue weighted by molar-refractivity contribution is -0.138. The number of rotatable bonds is 4. The lowest BCUT2D eigenvalue weighted by atomic mass is 10.0. The zero-order valence-electron chi connectivity index (χ0n) is 32.7. The van der Waals surface area contributed by atoms with Gasteiger partial charge in [-0.2, -0.15) is 0 Å². The molecule has 0 bridgehead atoms. The molecule has 2 saturated heterocycles. The molecule has 2 atom stereocenters. The maximum Gasteiger partial charge on any atom is 0.245 e. The summed E-state index contributed by atoms with van der Waals surface area (Å²) in [6.07, 6.45) is 1.19. The van der Waals surface area contributed by atoms with Crippen LogP contribution in [0.2, 0.25) is 0 Å². The minimum absolute atomic E-state index is 0.0484. The highest BCUT2D eigenvalue weighted by atomic mass is 16.2. The number of carbonyl (C=O) groups excluding carboxylic acids is 12. The van der Waals surface area contributed by atoms with Crippen LogP contribution in [0.3, 0.4) is 0 Å². The summed E-state index contributed by atoms with van der Waals surface area (Å²) in [6, 6.07) is 6.35. The summed E-state index contributed by atoms with van der Waals surface area (Å²) in [5, 5.41) is 25.3. The molecule has 2 fully saturated rings. The molecule has 0 saturated carbocycles. The fourth-order valence-corrected chi connectivity index (χ4v) is 5.47. The third-order valence-electron chi connectivity index (χ3n) is 8.65. The van der Waals surface area contributed by atoms with Gasteiger partial charge in [0.1, 0.15) is 12.1 Å². The van der Waals surface area contributed by atoms with Crippen LogP contribution >= 0.6 is 0 Å². The topological polar surface area (TPSA) is 340 Å². The number of hydrogen-bond donors (Lipinski definition) is 11. The minimum Gasteiger partial charge on any atom is -0.347 e. The Balaban J connectivity index is 1.70. The van der Waals surface area contributed by atoms with E-state index in [2.05, 4.69) is 58.5 Å². The van der Waals surface area contributed by atoms with Gasteiger partial charge in [0.2, 0.25) is 70.9 Å². The van der Waals surface area contributed by atoms with Gasteiger partial charge in [0, 0.05) is 13.1 Å². The van der Waals surface area contributed by atoms with Gasteiger partial charge in [-0.25, -0.2) is 0 Å². The highest BCUT2D eigenvalue weighted by Crippen LogP contribution is 2.12. The third kappa shape index (κ3) is 18.9. The van der Waals surface area contributed by atoms with E-state index in [1.54, 1.807) is 18.2 Å². The molecule has 0 radical (unpaired) electrons. The van der Waals surface area contributed by atoms with E-state index >= 15 is 0 Å². The molecular weight excluding hydrogens is 792 g/mol. The summed E-state index contributed by atoms with van der Waals surface area (Å²) in [4.78, 5) is 152. The average Bonchev–Trinajstić information content (AvgIpc) is 3.78. The van der Waals surface area contributed by atoms with E-state index in [0.717, 1.165) is 5.56 Å². The number of aryl methyl sites for hydroxylation is 1. The van der Waals surface area contributed by atoms with Crippen LogP contribution in [0.4, 0.5) is 0 Å². The van der Waals surface area contributed by atoms with Crippen molar-refractivity contribution in [1.29, 1.82) is 0 Å². The Morgan fingerprint density at radius 3 is 1.20 bits per heavy atom. The smallest absolute Gasteiger partial charge is 0.245 e. The standard InChI is InChI=1S/C36H50N12O12/c49-25-12-24(36(60)48-10-4-5-11-48)47-35(59)23(9-8-22-6-2-1-3-7-22)46-34(58)21-45-33(57)20-44-32(56)19-43-31(55)18-42-30(54)17-41-29(53)16-40-28(52)15-39-27(51)14-38-26(50)13-37-25/h1-3,6-7,23-24H,4-5,8-21H2,(H,37,49)(H,38,50)(H,39,51)(H,40,52)(H,41,53)(H,42,54)(H,43,55)(H,44,56)(H,45,57)(H,46,58)(H,47,59). The van der Waals surface area contributed by atoms with Gasteiger partial charge in [-0.05, 0) is 31.2 Å². The lowest BCUT2D eigenvalue weighted by Crippen LogP contribution is -2.56. The fourth-order valence-electron chi connectivity index (χ4n) is 5.47. The van der Waals surface area contributed by atoms with Crippen LogP contribution < -0.4 is 58.5 Å². The van der Waals surface area contributed by atoms with Crippen LogP contribution in [-0.4, -0.2) is 160 Å². The van der Waals surface area contributed by atoms with Crippen molar-refractivity contribution < 1.29 is 57.5 Å². The first-order valence-corrected chi connectivity index (χ1v) is 19.0. The molecule has 1 aromatic carbocycles. The van der Waals surface area contributed by atoms with E-state index < -0.39 is 148 Å². The van der Waals surface area contributed by atoms with Gasteiger partial charge in [-0.3, -0.25) is 57.5 Å². The van der Waals surface area contributed by atoms with Crippen molar-refractivity contribution >= 4 is 70.9 Å². The Morgan fingerprint density at radius 1 is 0.467 bits per heavy atom. The molecule has 24 heteroatoms. The minimum atomic E-state index is -1.40. The predicted octanol–water partition coefficient (Wildman–Crippen LogP) is -7.34. The van der Waals surface area contributed by atoms with Crippen LogP contribution in [0.5, 0.6) is 0 Å². The zero-order chi connectivity index (χ0) is 43.9. The average molecular weight is 843 g/mol. The van der Waals surface area contributed by atoms with Crippen molar-refractivity contribution in [3.63, 3.8) is 0 Å². The first kappa shape index (κ1) is 47.2. The van der Waals surface area contributed by atoms with Crippen LogP contribution in [0.1, 0.15) is 31.2 Å². The second-order valence-corrected chi connectivity index (χ2v) is 13.4. The van der Waals surface area contributed by atoms with E-state index in [0.29, 0.717) is 32.4 Å². The number of hydrogen-bond acceptors (Lipinski definition) is 12. The Labute approximate surface area is 343 Å². The van der Waals surface area contributed by atoms with Crippen LogP contribution in [0.25, 0.3) is 0 Å². The number of amides is 12. The van der Waals surface area contributed by atoms with Gasteiger partial charge < -0.3 is 63.4 Å². The van der Waals surface area contributed by atoms with Crippen LogP contribution in [0, 0.1) is 0 Å². The molecule has 12 amide bonds. The molecule has 11 N–H and O–H groups in total. The molecule has 0 spiro atoms. The van der Waals surface area contributed by atoms with Crippen molar-refractivity contribution in [2.45, 2.75) is 44.2 Å². The number of carbonyl (C=O) groups is 12. The van der Waals surface area contributed by atoms with Crippen molar-refractivity contribution in [3.8, 4) is 0 Å². The van der Waals surface area contributed by atoms with Crippen molar-refractivity contribution in [3.05, 3.63) is 35.9 Å². The Bertz CT molecular complexity index is 1770. The van der Waals surface area contributed by atoms with E-state index in [1.165, 1.54) is 4.90 Å². The number of likely N-dealkylation sites (tertiary alicyclic amines) is 1. The van der Waals surface area contributed by atoms with Gasteiger partial charge >= 0.3 is 0 Å². The molecule has 1 aromatic rings. The van der Waals surface area contributed by atoms with Crippen LogP contribution in [0.15, 0.2) is 30.3 Å². The molecule has 0 aliphatic carbocycles. The molecule has 2 unspecified atom stereocenters. The van der Waals surface area contributed by atoms with Gasteiger partial charge in [0.05, 0.1) is 65.3 Å². The van der Waals surface area contributed by atoms with Crippen molar-refractivity contribution in [2.75, 3.05) is 72.0 Å². The summed E-state index contributed by atoms with van der Waals surface area (Å²) in [5.74, 6) is -9.23. The van der Waals surface area contributed by atoms with E-state index in [4.69, 9.17) is 0 Å². The van der Waals surface area contributed by atoms with Crippen LogP contribution in [-0.2, 0) is 64.0 Å². The first-order chi connectivity index (χ1) is 28.7. The summed E-state index contributed by atoms with van der Waals surface area (Å²) in [6.45, 7) is -4.48. The van der Waals surface area contributed by atoms with Gasteiger partial charge in [0.15, 0.2) is 0 Å². The van der Waals surface area contributed by atoms with Crippen molar-refractivity contribution in [2.24, 2.45) is 0 Å². The Morgan fingerprint density at radius 2 is 0.817 bits per heavy atom. The van der Waals surface area contributed by atoms with Gasteiger partial charge in [0.25, 0.3) is 0 Å². The molecule has 2 aliphatic heterocycles. The fraction of sp³-hybridized carbons (Fsp3) is 0.500. The van der Waals surface area contributed by atoms with E-state index in [1.807, 2.05) is 12.1 Å². The summed E-state index contributed by atoms with van der Waals surface area (Å²) < 4.78 is 0. The third-order valence-corrected chi connectivity index (χ3v) is 8.65. The summed E-state index contributed by atoms with van der Waals surface area (Å²) in [7, 11) is 0. The molecule has 326 valence electrons. The first-order valence-electron chi connectivity index (χ1n) is 19.0. The van der Waals surface area contributed by atoms with Gasteiger partial charge in [-0.15, -0.1) is 0 Å². The SMILES string of the molecule is O=C1CNC(=O)CNC(=O)CNC(=O)CNC(=O)CC(C(=O)N2CCCC2)NC(=O)C(CCc2ccccc2)NC(=O)CNC(=O)CNC(=O)CNC(=O)CNC(=O)CN1. The quantitative estimate of drug-likeness (QED) is 0.135. The second-order valence-electron chi connectivity index (χ2n) is 13.4. The van der Waals surface area contributed by atoms with E-state index in [9.17, 15) is 57.5 Å². The summed E-state index contributed by atoms with van der Waals surface area (Å²) >= 11 is 0. The molecule has 60 heavy (non-hydrogen) atoms. The maximum absolute atomic E-state index is 13.7. The lowest BCUT2D eigenvalue weighted by Gasteiger charge is -2.26. The monoisotopic (exact) mass is 842 g/mol. The molecule has 0 aromatic heterocycles. The Hall–Kier alpha value is -7.14. The second kappa shape index (κ2) is 25.3. The predicted molar refractivity (Wildman–Crippen MR) is 206 cm³/mol. The largest absolute Gasteiger partial charge is 0.347 e. The molecule has 2 heterocycles. The van der Waals surface area contributed by atoms with Gasteiger partial charge in [-0.1, -0.05) is 30.3 Å². The summed E-state index contributed by atoms with van der Waals surface area (Å²) in [5.41, 5.74) is 0.829. The number of nitrogens with zero attached hydrogens (tertiary/aromatic N) is 1. The zero-order valence-corrected chi connectivity index (χ0v) is 32.7. The highest BCUT2D eigenvalue weighted by molar-refractivity contribution is 5.97. The molecule has 3 rings (SSSR count). The van der Waals surface area contributed by atoms with E-state index in [-0.39, 0.29) is 6.42 Å². The highest BCUT2D eigenvalue weighted by Gasteiger charge is 2.32. The molecular formula is C36H50N12O12. The number of benzene rings is 1. The maximum atomic E-state index is 13.7.